The molecule has 0 aromatic rings. The van der Waals surface area contributed by atoms with Gasteiger partial charge < -0.3 is 15.5 Å². The van der Waals surface area contributed by atoms with Crippen LogP contribution >= 0.6 is 0 Å². The van der Waals surface area contributed by atoms with Crippen LogP contribution in [0.25, 0.3) is 0 Å². The zero-order valence-corrected chi connectivity index (χ0v) is 12.4. The van der Waals surface area contributed by atoms with Crippen molar-refractivity contribution in [1.82, 2.24) is 15.5 Å². The predicted octanol–water partition coefficient (Wildman–Crippen LogP) is 0.277. The third-order valence-corrected chi connectivity index (χ3v) is 3.52. The Hall–Kier alpha value is -1.59. The summed E-state index contributed by atoms with van der Waals surface area (Å²) >= 11 is 0. The summed E-state index contributed by atoms with van der Waals surface area (Å²) in [4.78, 5) is 36.7. The van der Waals surface area contributed by atoms with Crippen LogP contribution in [0.3, 0.4) is 0 Å². The van der Waals surface area contributed by atoms with E-state index in [0.717, 1.165) is 6.42 Å². The van der Waals surface area contributed by atoms with Crippen LogP contribution < -0.4 is 10.6 Å². The van der Waals surface area contributed by atoms with E-state index < -0.39 is 0 Å². The van der Waals surface area contributed by atoms with Crippen molar-refractivity contribution in [2.45, 2.75) is 39.5 Å². The molecule has 6 heteroatoms. The Kier molecular flexibility index (Phi) is 7.04. The Morgan fingerprint density at radius 3 is 2.30 bits per heavy atom. The molecule has 1 aliphatic rings. The number of hydrogen-bond donors (Lipinski definition) is 2. The lowest BCUT2D eigenvalue weighted by atomic mass is 9.95. The summed E-state index contributed by atoms with van der Waals surface area (Å²) in [5.41, 5.74) is 0. The Bertz CT molecular complexity index is 350. The third-order valence-electron chi connectivity index (χ3n) is 3.52. The largest absolute Gasteiger partial charge is 0.355 e. The van der Waals surface area contributed by atoms with E-state index in [-0.39, 0.29) is 30.2 Å². The topological polar surface area (TPSA) is 78.5 Å². The molecule has 1 saturated heterocycles. The van der Waals surface area contributed by atoms with Gasteiger partial charge in [-0.25, -0.2) is 0 Å². The Morgan fingerprint density at radius 2 is 1.75 bits per heavy atom. The Morgan fingerprint density at radius 1 is 1.10 bits per heavy atom. The molecule has 0 radical (unpaired) electrons. The summed E-state index contributed by atoms with van der Waals surface area (Å²) in [6.45, 7) is 5.75. The first-order valence-corrected chi connectivity index (χ1v) is 7.40. The highest BCUT2D eigenvalue weighted by Gasteiger charge is 2.26. The molecular formula is C14H25N3O3. The van der Waals surface area contributed by atoms with Gasteiger partial charge in [-0.1, -0.05) is 13.8 Å². The minimum atomic E-state index is -0.154. The SMILES string of the molecule is CCCNC(=O)CNC(=O)C1CCN(C(=O)CC)CC1. The average Bonchev–Trinajstić information content (AvgIpc) is 2.49. The van der Waals surface area contributed by atoms with Gasteiger partial charge in [0.2, 0.25) is 17.7 Å². The van der Waals surface area contributed by atoms with Gasteiger partial charge in [0.1, 0.15) is 0 Å². The van der Waals surface area contributed by atoms with Crippen LogP contribution in [-0.2, 0) is 14.4 Å². The summed E-state index contributed by atoms with van der Waals surface area (Å²) in [7, 11) is 0. The molecule has 0 aromatic heterocycles. The van der Waals surface area contributed by atoms with Crippen LogP contribution in [0.15, 0.2) is 0 Å². The summed E-state index contributed by atoms with van der Waals surface area (Å²) in [5, 5.41) is 5.38. The molecule has 1 rings (SSSR count). The van der Waals surface area contributed by atoms with Crippen molar-refractivity contribution in [1.29, 1.82) is 0 Å². The minimum absolute atomic E-state index is 0.0347. The molecule has 0 saturated carbocycles. The maximum absolute atomic E-state index is 11.9. The molecule has 0 bridgehead atoms. The molecule has 1 heterocycles. The van der Waals surface area contributed by atoms with Crippen molar-refractivity contribution in [3.63, 3.8) is 0 Å². The zero-order valence-electron chi connectivity index (χ0n) is 12.4. The van der Waals surface area contributed by atoms with Gasteiger partial charge in [-0.2, -0.15) is 0 Å². The molecular weight excluding hydrogens is 258 g/mol. The quantitative estimate of drug-likeness (QED) is 0.735. The molecule has 20 heavy (non-hydrogen) atoms. The second-order valence-electron chi connectivity index (χ2n) is 5.08. The van der Waals surface area contributed by atoms with Crippen LogP contribution in [0, 0.1) is 5.92 Å². The molecule has 6 nitrogen and oxygen atoms in total. The maximum atomic E-state index is 11.9. The lowest BCUT2D eigenvalue weighted by molar-refractivity contribution is -0.135. The summed E-state index contributed by atoms with van der Waals surface area (Å²) in [6.07, 6.45) is 2.74. The number of carbonyl (C=O) groups excluding carboxylic acids is 3. The number of rotatable bonds is 6. The number of hydrogen-bond acceptors (Lipinski definition) is 3. The third kappa shape index (κ3) is 5.19. The fraction of sp³-hybridized carbons (Fsp3) is 0.786. The van der Waals surface area contributed by atoms with Crippen molar-refractivity contribution in [3.8, 4) is 0 Å². The van der Waals surface area contributed by atoms with E-state index in [9.17, 15) is 14.4 Å². The average molecular weight is 283 g/mol. The van der Waals surface area contributed by atoms with Gasteiger partial charge >= 0.3 is 0 Å². The fourth-order valence-electron chi connectivity index (χ4n) is 2.25. The van der Waals surface area contributed by atoms with Gasteiger partial charge in [-0.15, -0.1) is 0 Å². The standard InChI is InChI=1S/C14H25N3O3/c1-3-7-15-12(18)10-16-14(20)11-5-8-17(9-6-11)13(19)4-2/h11H,3-10H2,1-2H3,(H,15,18)(H,16,20). The maximum Gasteiger partial charge on any atom is 0.239 e. The van der Waals surface area contributed by atoms with E-state index in [1.54, 1.807) is 4.90 Å². The number of amides is 3. The molecule has 0 atom stereocenters. The van der Waals surface area contributed by atoms with Crippen LogP contribution in [0.4, 0.5) is 0 Å². The van der Waals surface area contributed by atoms with Gasteiger partial charge in [0.15, 0.2) is 0 Å². The molecule has 2 N–H and O–H groups in total. The van der Waals surface area contributed by atoms with Gasteiger partial charge in [-0.05, 0) is 19.3 Å². The smallest absolute Gasteiger partial charge is 0.239 e. The fourth-order valence-corrected chi connectivity index (χ4v) is 2.25. The minimum Gasteiger partial charge on any atom is -0.355 e. The zero-order chi connectivity index (χ0) is 15.0. The summed E-state index contributed by atoms with van der Waals surface area (Å²) in [5.74, 6) is -0.184. The summed E-state index contributed by atoms with van der Waals surface area (Å²) < 4.78 is 0. The first-order chi connectivity index (χ1) is 9.58. The number of likely N-dealkylation sites (tertiary alicyclic amines) is 1. The van der Waals surface area contributed by atoms with Gasteiger partial charge in [0, 0.05) is 32.0 Å². The van der Waals surface area contributed by atoms with Gasteiger partial charge in [0.25, 0.3) is 0 Å². The van der Waals surface area contributed by atoms with Crippen molar-refractivity contribution in [2.24, 2.45) is 5.92 Å². The van der Waals surface area contributed by atoms with Crippen molar-refractivity contribution in [2.75, 3.05) is 26.2 Å². The predicted molar refractivity (Wildman–Crippen MR) is 75.9 cm³/mol. The first kappa shape index (κ1) is 16.5. The number of carbonyl (C=O) groups is 3. The number of nitrogens with one attached hydrogen (secondary N) is 2. The van der Waals surface area contributed by atoms with Gasteiger partial charge in [-0.3, -0.25) is 14.4 Å². The number of piperidine rings is 1. The molecule has 3 amide bonds. The van der Waals surface area contributed by atoms with Crippen LogP contribution in [0.5, 0.6) is 0 Å². The highest BCUT2D eigenvalue weighted by Crippen LogP contribution is 2.17. The Labute approximate surface area is 120 Å². The number of nitrogens with zero attached hydrogens (tertiary/aromatic N) is 1. The summed E-state index contributed by atoms with van der Waals surface area (Å²) in [6, 6.07) is 0. The van der Waals surface area contributed by atoms with Crippen molar-refractivity contribution >= 4 is 17.7 Å². The molecule has 0 aliphatic carbocycles. The van der Waals surface area contributed by atoms with Crippen LogP contribution in [0.1, 0.15) is 39.5 Å². The Balaban J connectivity index is 2.25. The lowest BCUT2D eigenvalue weighted by Gasteiger charge is -2.31. The highest BCUT2D eigenvalue weighted by atomic mass is 16.2. The van der Waals surface area contributed by atoms with Crippen molar-refractivity contribution < 1.29 is 14.4 Å². The van der Waals surface area contributed by atoms with E-state index in [2.05, 4.69) is 10.6 Å². The van der Waals surface area contributed by atoms with E-state index in [4.69, 9.17) is 0 Å². The monoisotopic (exact) mass is 283 g/mol. The molecule has 1 fully saturated rings. The first-order valence-electron chi connectivity index (χ1n) is 7.40. The second-order valence-corrected chi connectivity index (χ2v) is 5.08. The molecule has 0 aromatic carbocycles. The molecule has 0 unspecified atom stereocenters. The van der Waals surface area contributed by atoms with E-state index in [1.807, 2.05) is 13.8 Å². The van der Waals surface area contributed by atoms with E-state index >= 15 is 0 Å². The second kappa shape index (κ2) is 8.55. The van der Waals surface area contributed by atoms with Gasteiger partial charge in [0.05, 0.1) is 6.54 Å². The van der Waals surface area contributed by atoms with E-state index in [1.165, 1.54) is 0 Å². The highest BCUT2D eigenvalue weighted by molar-refractivity contribution is 5.86. The lowest BCUT2D eigenvalue weighted by Crippen LogP contribution is -2.45. The van der Waals surface area contributed by atoms with E-state index in [0.29, 0.717) is 38.9 Å². The molecule has 0 spiro atoms. The van der Waals surface area contributed by atoms with Crippen molar-refractivity contribution in [3.05, 3.63) is 0 Å². The molecule has 1 aliphatic heterocycles. The van der Waals surface area contributed by atoms with Crippen LogP contribution in [-0.4, -0.2) is 48.8 Å². The normalized spacial score (nSPS) is 15.8. The van der Waals surface area contributed by atoms with Crippen LogP contribution in [0.2, 0.25) is 0 Å². The molecule has 114 valence electrons.